The average molecular weight is 456 g/mol. The molecule has 172 valence electrons. The summed E-state index contributed by atoms with van der Waals surface area (Å²) in [6.07, 6.45) is 1.29. The van der Waals surface area contributed by atoms with Crippen molar-refractivity contribution < 1.29 is 18.8 Å². The summed E-state index contributed by atoms with van der Waals surface area (Å²) < 4.78 is 11.7. The molecular formula is C27H25N3O4. The number of carbonyl (C=O) groups excluding carboxylic acids is 1. The zero-order chi connectivity index (χ0) is 23.8. The van der Waals surface area contributed by atoms with Crippen LogP contribution in [0.15, 0.2) is 95.4 Å². The minimum absolute atomic E-state index is 0.284. The molecule has 3 aromatic carbocycles. The van der Waals surface area contributed by atoms with Crippen molar-refractivity contribution in [3.63, 3.8) is 0 Å². The highest BCUT2D eigenvalue weighted by molar-refractivity contribution is 5.93. The van der Waals surface area contributed by atoms with Crippen molar-refractivity contribution in [1.82, 2.24) is 10.5 Å². The monoisotopic (exact) mass is 455 g/mol. The molecule has 3 N–H and O–H groups in total. The van der Waals surface area contributed by atoms with E-state index in [-0.39, 0.29) is 6.61 Å². The summed E-state index contributed by atoms with van der Waals surface area (Å²) >= 11 is 0. The van der Waals surface area contributed by atoms with E-state index in [9.17, 15) is 4.79 Å². The number of hydroxylamine groups is 1. The summed E-state index contributed by atoms with van der Waals surface area (Å²) in [7, 11) is 0. The molecule has 0 aliphatic heterocycles. The standard InChI is InChI=1S/C27H25N3O4/c1-19-25(29-27(34-19)22-10-6-3-7-11-22)18-32-23-14-12-20(13-15-23)17-33-30-24(16-26(28)31)21-8-4-2-5-9-21/h2-16,30H,17-18H2,1H3,(H2,28,31). The largest absolute Gasteiger partial charge is 0.487 e. The second-order valence-corrected chi connectivity index (χ2v) is 7.54. The fourth-order valence-electron chi connectivity index (χ4n) is 3.23. The second-order valence-electron chi connectivity index (χ2n) is 7.54. The molecule has 0 radical (unpaired) electrons. The molecule has 1 amide bonds. The first-order chi connectivity index (χ1) is 16.6. The Morgan fingerprint density at radius 2 is 1.65 bits per heavy atom. The van der Waals surface area contributed by atoms with Gasteiger partial charge in [-0.3, -0.25) is 15.1 Å². The van der Waals surface area contributed by atoms with Gasteiger partial charge in [0.1, 0.15) is 23.8 Å². The first kappa shape index (κ1) is 22.8. The maximum Gasteiger partial charge on any atom is 0.243 e. The third-order valence-electron chi connectivity index (χ3n) is 5.00. The molecule has 1 aromatic heterocycles. The molecule has 0 saturated heterocycles. The number of aromatic nitrogens is 1. The number of carbonyl (C=O) groups is 1. The van der Waals surface area contributed by atoms with Crippen molar-refractivity contribution in [2.45, 2.75) is 20.1 Å². The number of primary amides is 1. The van der Waals surface area contributed by atoms with Gasteiger partial charge in [-0.05, 0) is 36.8 Å². The van der Waals surface area contributed by atoms with E-state index >= 15 is 0 Å². The zero-order valence-corrected chi connectivity index (χ0v) is 18.7. The number of ether oxygens (including phenoxy) is 1. The van der Waals surface area contributed by atoms with Crippen molar-refractivity contribution in [3.05, 3.63) is 114 Å². The molecular weight excluding hydrogens is 430 g/mol. The van der Waals surface area contributed by atoms with E-state index in [1.54, 1.807) is 0 Å². The molecule has 1 heterocycles. The van der Waals surface area contributed by atoms with Crippen LogP contribution in [0.2, 0.25) is 0 Å². The lowest BCUT2D eigenvalue weighted by Crippen LogP contribution is -2.17. The number of benzene rings is 3. The topological polar surface area (TPSA) is 99.6 Å². The van der Waals surface area contributed by atoms with Gasteiger partial charge in [0.05, 0.1) is 12.3 Å². The van der Waals surface area contributed by atoms with Gasteiger partial charge in [-0.1, -0.05) is 60.7 Å². The minimum Gasteiger partial charge on any atom is -0.487 e. The Balaban J connectivity index is 1.31. The van der Waals surface area contributed by atoms with E-state index in [4.69, 9.17) is 19.7 Å². The van der Waals surface area contributed by atoms with E-state index in [2.05, 4.69) is 10.5 Å². The fraction of sp³-hybridized carbons (Fsp3) is 0.111. The van der Waals surface area contributed by atoms with Gasteiger partial charge in [0.25, 0.3) is 0 Å². The molecule has 0 unspecified atom stereocenters. The maximum atomic E-state index is 11.3. The number of aryl methyl sites for hydroxylation is 1. The molecule has 0 spiro atoms. The summed E-state index contributed by atoms with van der Waals surface area (Å²) in [6.45, 7) is 2.46. The van der Waals surface area contributed by atoms with Gasteiger partial charge < -0.3 is 14.9 Å². The number of nitrogens with zero attached hydrogens (tertiary/aromatic N) is 1. The molecule has 0 aliphatic carbocycles. The van der Waals surface area contributed by atoms with Gasteiger partial charge in [-0.15, -0.1) is 0 Å². The summed E-state index contributed by atoms with van der Waals surface area (Å²) in [4.78, 5) is 21.5. The van der Waals surface area contributed by atoms with E-state index in [0.29, 0.717) is 23.9 Å². The summed E-state index contributed by atoms with van der Waals surface area (Å²) in [5.41, 5.74) is 12.0. The molecule has 7 heteroatoms. The minimum atomic E-state index is -0.560. The fourth-order valence-corrected chi connectivity index (χ4v) is 3.23. The van der Waals surface area contributed by atoms with Gasteiger partial charge >= 0.3 is 0 Å². The van der Waals surface area contributed by atoms with Crippen molar-refractivity contribution in [2.24, 2.45) is 5.73 Å². The Labute approximate surface area is 197 Å². The molecule has 34 heavy (non-hydrogen) atoms. The Kier molecular flexibility index (Phi) is 7.37. The molecule has 0 aliphatic rings. The Morgan fingerprint density at radius 1 is 0.971 bits per heavy atom. The third-order valence-corrected chi connectivity index (χ3v) is 5.00. The molecule has 4 rings (SSSR count). The lowest BCUT2D eigenvalue weighted by molar-refractivity contribution is -0.113. The van der Waals surface area contributed by atoms with Crippen molar-refractivity contribution in [1.29, 1.82) is 0 Å². The summed E-state index contributed by atoms with van der Waals surface area (Å²) in [6, 6.07) is 26.6. The highest BCUT2D eigenvalue weighted by Crippen LogP contribution is 2.23. The zero-order valence-electron chi connectivity index (χ0n) is 18.7. The van der Waals surface area contributed by atoms with Gasteiger partial charge in [0, 0.05) is 17.2 Å². The smallest absolute Gasteiger partial charge is 0.243 e. The predicted octanol–water partition coefficient (Wildman–Crippen LogP) is 4.78. The second kappa shape index (κ2) is 11.0. The van der Waals surface area contributed by atoms with Gasteiger partial charge in [-0.25, -0.2) is 4.98 Å². The Bertz CT molecular complexity index is 1250. The number of oxazole rings is 1. The van der Waals surface area contributed by atoms with Crippen LogP contribution in [0.25, 0.3) is 17.2 Å². The molecule has 0 atom stereocenters. The quantitative estimate of drug-likeness (QED) is 0.264. The van der Waals surface area contributed by atoms with Crippen LogP contribution in [-0.2, 0) is 22.8 Å². The number of nitrogens with one attached hydrogen (secondary N) is 1. The number of hydrogen-bond donors (Lipinski definition) is 2. The Hall–Kier alpha value is -4.36. The van der Waals surface area contributed by atoms with Crippen LogP contribution in [0, 0.1) is 6.92 Å². The van der Waals surface area contributed by atoms with Crippen LogP contribution in [0.4, 0.5) is 0 Å². The summed E-state index contributed by atoms with van der Waals surface area (Å²) in [5, 5.41) is 0. The highest BCUT2D eigenvalue weighted by Gasteiger charge is 2.12. The lowest BCUT2D eigenvalue weighted by atomic mass is 10.1. The number of nitrogens with two attached hydrogens (primary N) is 1. The van der Waals surface area contributed by atoms with Crippen LogP contribution < -0.4 is 16.0 Å². The molecule has 0 saturated carbocycles. The molecule has 0 fully saturated rings. The first-order valence-electron chi connectivity index (χ1n) is 10.8. The van der Waals surface area contributed by atoms with Gasteiger partial charge in [-0.2, -0.15) is 0 Å². The van der Waals surface area contributed by atoms with E-state index in [1.165, 1.54) is 6.08 Å². The summed E-state index contributed by atoms with van der Waals surface area (Å²) in [5.74, 6) is 1.46. The van der Waals surface area contributed by atoms with Gasteiger partial charge in [0.2, 0.25) is 11.8 Å². The van der Waals surface area contributed by atoms with E-state index in [1.807, 2.05) is 91.9 Å². The normalized spacial score (nSPS) is 11.3. The van der Waals surface area contributed by atoms with Crippen molar-refractivity contribution >= 4 is 11.6 Å². The Morgan fingerprint density at radius 3 is 2.32 bits per heavy atom. The van der Waals surface area contributed by atoms with E-state index in [0.717, 1.165) is 28.1 Å². The molecule has 7 nitrogen and oxygen atoms in total. The highest BCUT2D eigenvalue weighted by atomic mass is 16.6. The van der Waals surface area contributed by atoms with Gasteiger partial charge in [0.15, 0.2) is 0 Å². The van der Waals surface area contributed by atoms with Crippen molar-refractivity contribution in [3.8, 4) is 17.2 Å². The van der Waals surface area contributed by atoms with Crippen LogP contribution in [0.5, 0.6) is 5.75 Å². The van der Waals surface area contributed by atoms with Crippen molar-refractivity contribution in [2.75, 3.05) is 0 Å². The van der Waals surface area contributed by atoms with Crippen LogP contribution in [-0.4, -0.2) is 10.9 Å². The third kappa shape index (κ3) is 6.11. The first-order valence-corrected chi connectivity index (χ1v) is 10.8. The van der Waals surface area contributed by atoms with Crippen LogP contribution >= 0.6 is 0 Å². The lowest BCUT2D eigenvalue weighted by Gasteiger charge is -2.11. The number of hydrogen-bond acceptors (Lipinski definition) is 6. The van der Waals surface area contributed by atoms with Crippen LogP contribution in [0.3, 0.4) is 0 Å². The number of amides is 1. The predicted molar refractivity (Wildman–Crippen MR) is 129 cm³/mol. The van der Waals surface area contributed by atoms with Crippen LogP contribution in [0.1, 0.15) is 22.6 Å². The average Bonchev–Trinajstić information content (AvgIpc) is 3.24. The SMILES string of the molecule is Cc1oc(-c2ccccc2)nc1COc1ccc(CONC(=CC(N)=O)c2ccccc2)cc1. The van der Waals surface area contributed by atoms with E-state index < -0.39 is 5.91 Å². The molecule has 0 bridgehead atoms. The molecule has 4 aromatic rings. The maximum absolute atomic E-state index is 11.3. The number of rotatable bonds is 10.